The second-order valence-electron chi connectivity index (χ2n) is 8.33. The van der Waals surface area contributed by atoms with Crippen LogP contribution in [0, 0.1) is 0 Å². The highest BCUT2D eigenvalue weighted by Crippen LogP contribution is 2.36. The van der Waals surface area contributed by atoms with Crippen LogP contribution in [0.25, 0.3) is 6.08 Å². The molecule has 0 saturated heterocycles. The van der Waals surface area contributed by atoms with E-state index in [0.717, 1.165) is 11.3 Å². The number of allylic oxidation sites excluding steroid dienone is 1. The molecule has 2 aromatic carbocycles. The molecule has 0 fully saturated rings. The fourth-order valence-corrected chi connectivity index (χ4v) is 5.86. The molecule has 10 heteroatoms. The van der Waals surface area contributed by atoms with E-state index < -0.39 is 12.0 Å². The Morgan fingerprint density at radius 3 is 2.75 bits per heavy atom. The van der Waals surface area contributed by atoms with Gasteiger partial charge in [0, 0.05) is 16.1 Å². The lowest BCUT2D eigenvalue weighted by atomic mass is 9.95. The Morgan fingerprint density at radius 2 is 2.06 bits per heavy atom. The lowest BCUT2D eigenvalue weighted by Crippen LogP contribution is -2.40. The molecule has 188 valence electrons. The van der Waals surface area contributed by atoms with Gasteiger partial charge in [-0.15, -0.1) is 0 Å². The van der Waals surface area contributed by atoms with Crippen LogP contribution >= 0.6 is 38.9 Å². The fourth-order valence-electron chi connectivity index (χ4n) is 3.99. The van der Waals surface area contributed by atoms with E-state index in [4.69, 9.17) is 21.1 Å². The first-order chi connectivity index (χ1) is 17.1. The highest BCUT2D eigenvalue weighted by molar-refractivity contribution is 9.10. The normalized spacial score (nSPS) is 15.6. The van der Waals surface area contributed by atoms with Crippen LogP contribution in [-0.2, 0) is 9.53 Å². The van der Waals surface area contributed by atoms with Gasteiger partial charge >= 0.3 is 5.97 Å². The summed E-state index contributed by atoms with van der Waals surface area (Å²) >= 11 is 10.6. The predicted molar refractivity (Wildman–Crippen MR) is 143 cm³/mol. The zero-order valence-corrected chi connectivity index (χ0v) is 23.2. The van der Waals surface area contributed by atoms with Gasteiger partial charge in [0.15, 0.2) is 4.80 Å². The number of carbonyl (C=O) groups excluding carboxylic acids is 1. The first-order valence-corrected chi connectivity index (χ1v) is 13.2. The number of halogens is 2. The zero-order valence-electron chi connectivity index (χ0n) is 20.0. The molecule has 0 spiro atoms. The Kier molecular flexibility index (Phi) is 7.73. The monoisotopic (exact) mass is 590 g/mol. The van der Waals surface area contributed by atoms with Crippen LogP contribution in [0.3, 0.4) is 0 Å². The van der Waals surface area contributed by atoms with Gasteiger partial charge in [0.2, 0.25) is 0 Å². The zero-order chi connectivity index (χ0) is 26.1. The van der Waals surface area contributed by atoms with E-state index in [2.05, 4.69) is 20.9 Å². The van der Waals surface area contributed by atoms with Gasteiger partial charge in [0.1, 0.15) is 17.5 Å². The minimum absolute atomic E-state index is 0.0409. The number of aromatic hydroxyl groups is 1. The van der Waals surface area contributed by atoms with Gasteiger partial charge in [-0.2, -0.15) is 0 Å². The van der Waals surface area contributed by atoms with Gasteiger partial charge in [0.05, 0.1) is 33.0 Å². The van der Waals surface area contributed by atoms with E-state index in [1.165, 1.54) is 4.57 Å². The largest absolute Gasteiger partial charge is 0.506 e. The van der Waals surface area contributed by atoms with E-state index in [9.17, 15) is 14.7 Å². The Balaban J connectivity index is 2.01. The van der Waals surface area contributed by atoms with E-state index in [1.807, 2.05) is 38.1 Å². The number of esters is 1. The number of aromatic nitrogens is 1. The van der Waals surface area contributed by atoms with Crippen LogP contribution < -0.4 is 19.6 Å². The quantitative estimate of drug-likeness (QED) is 0.420. The van der Waals surface area contributed by atoms with Gasteiger partial charge in [0.25, 0.3) is 5.56 Å². The van der Waals surface area contributed by atoms with Crippen molar-refractivity contribution in [2.75, 3.05) is 6.61 Å². The number of hydrogen-bond acceptors (Lipinski definition) is 7. The molecule has 4 rings (SSSR count). The van der Waals surface area contributed by atoms with Gasteiger partial charge in [-0.3, -0.25) is 9.36 Å². The third-order valence-corrected chi connectivity index (χ3v) is 7.24. The average molecular weight is 592 g/mol. The number of para-hydroxylation sites is 1. The summed E-state index contributed by atoms with van der Waals surface area (Å²) in [5, 5.41) is 10.9. The van der Waals surface area contributed by atoms with Crippen molar-refractivity contribution in [3.05, 3.63) is 88.0 Å². The second-order valence-corrected chi connectivity index (χ2v) is 10.6. The lowest BCUT2D eigenvalue weighted by Gasteiger charge is -2.26. The number of nitrogens with zero attached hydrogens (tertiary/aromatic N) is 2. The van der Waals surface area contributed by atoms with Crippen molar-refractivity contribution in [3.63, 3.8) is 0 Å². The van der Waals surface area contributed by atoms with E-state index >= 15 is 0 Å². The maximum atomic E-state index is 13.8. The summed E-state index contributed by atoms with van der Waals surface area (Å²) in [7, 11) is 0. The molecular formula is C26H24BrClN2O5S. The van der Waals surface area contributed by atoms with Crippen molar-refractivity contribution >= 4 is 50.9 Å². The third-order valence-electron chi connectivity index (χ3n) is 5.44. The Bertz CT molecular complexity index is 1560. The van der Waals surface area contributed by atoms with Crippen LogP contribution in [0.15, 0.2) is 61.9 Å². The molecular weight excluding hydrogens is 568 g/mol. The number of ether oxygens (including phenoxy) is 2. The summed E-state index contributed by atoms with van der Waals surface area (Å²) in [5.74, 6) is -0.0327. The number of thiazole rings is 1. The molecule has 0 radical (unpaired) electrons. The molecule has 1 aliphatic heterocycles. The third kappa shape index (κ3) is 5.00. The summed E-state index contributed by atoms with van der Waals surface area (Å²) in [4.78, 5) is 31.9. The van der Waals surface area contributed by atoms with Gasteiger partial charge in [-0.05, 0) is 67.9 Å². The minimum Gasteiger partial charge on any atom is -0.506 e. The van der Waals surface area contributed by atoms with Crippen LogP contribution in [0.5, 0.6) is 11.5 Å². The summed E-state index contributed by atoms with van der Waals surface area (Å²) in [6, 6.07) is 9.64. The number of carbonyl (C=O) groups is 1. The maximum Gasteiger partial charge on any atom is 0.338 e. The average Bonchev–Trinajstić information content (AvgIpc) is 3.11. The van der Waals surface area contributed by atoms with E-state index in [0.29, 0.717) is 41.4 Å². The molecule has 1 aliphatic rings. The number of hydrogen-bond donors (Lipinski definition) is 1. The SMILES string of the molecule is CCOC(=O)C1=C(C)N=c2s/c(=C/c3cc(Cl)cc(Br)c3O)c(=O)n2[C@@H]1c1ccccc1OC(C)C. The molecule has 0 aliphatic carbocycles. The first-order valence-electron chi connectivity index (χ1n) is 11.3. The summed E-state index contributed by atoms with van der Waals surface area (Å²) in [6.45, 7) is 7.45. The molecule has 7 nitrogen and oxygen atoms in total. The van der Waals surface area contributed by atoms with Crippen molar-refractivity contribution in [2.24, 2.45) is 4.99 Å². The summed E-state index contributed by atoms with van der Waals surface area (Å²) in [6.07, 6.45) is 1.44. The Labute approximate surface area is 225 Å². The van der Waals surface area contributed by atoms with Crippen molar-refractivity contribution in [1.82, 2.24) is 4.57 Å². The van der Waals surface area contributed by atoms with Crippen LogP contribution in [0.4, 0.5) is 0 Å². The number of rotatable bonds is 6. The molecule has 2 heterocycles. The second kappa shape index (κ2) is 10.6. The molecule has 0 saturated carbocycles. The summed E-state index contributed by atoms with van der Waals surface area (Å²) in [5.41, 5.74) is 1.38. The highest BCUT2D eigenvalue weighted by Gasteiger charge is 2.35. The van der Waals surface area contributed by atoms with Crippen LogP contribution in [0.1, 0.15) is 44.9 Å². The van der Waals surface area contributed by atoms with Crippen molar-refractivity contribution in [2.45, 2.75) is 39.8 Å². The fraction of sp³-hybridized carbons (Fsp3) is 0.269. The maximum absolute atomic E-state index is 13.8. The van der Waals surface area contributed by atoms with Gasteiger partial charge in [-0.1, -0.05) is 41.1 Å². The number of phenolic OH excluding ortho intramolecular Hbond substituents is 1. The van der Waals surface area contributed by atoms with Gasteiger partial charge in [-0.25, -0.2) is 9.79 Å². The predicted octanol–water partition coefficient (Wildman–Crippen LogP) is 4.71. The van der Waals surface area contributed by atoms with Crippen LogP contribution in [-0.4, -0.2) is 28.4 Å². The molecule has 3 aromatic rings. The first kappa shape index (κ1) is 26.2. The molecule has 1 N–H and O–H groups in total. The van der Waals surface area contributed by atoms with E-state index in [-0.39, 0.29) is 29.6 Å². The summed E-state index contributed by atoms with van der Waals surface area (Å²) < 4.78 is 13.6. The standard InChI is InChI=1S/C26H24BrClN2O5S/c1-5-34-25(33)21-14(4)29-26-30(22(21)17-8-6-7-9-19(17)35-13(2)3)24(32)20(36-26)11-15-10-16(28)12-18(27)23(15)31/h6-13,22,31H,5H2,1-4H3/b20-11+/t22-/m1/s1. The van der Waals surface area contributed by atoms with Gasteiger partial charge < -0.3 is 14.6 Å². The topological polar surface area (TPSA) is 90.1 Å². The lowest BCUT2D eigenvalue weighted by molar-refractivity contribution is -0.139. The van der Waals surface area contributed by atoms with Crippen molar-refractivity contribution in [3.8, 4) is 11.5 Å². The van der Waals surface area contributed by atoms with Crippen molar-refractivity contribution < 1.29 is 19.4 Å². The number of benzene rings is 2. The van der Waals surface area contributed by atoms with Crippen LogP contribution in [0.2, 0.25) is 5.02 Å². The highest BCUT2D eigenvalue weighted by atomic mass is 79.9. The molecule has 1 atom stereocenters. The number of fused-ring (bicyclic) bond motifs is 1. The Morgan fingerprint density at radius 1 is 1.33 bits per heavy atom. The smallest absolute Gasteiger partial charge is 0.338 e. The molecule has 36 heavy (non-hydrogen) atoms. The molecule has 0 unspecified atom stereocenters. The Hall–Kier alpha value is -2.88. The van der Waals surface area contributed by atoms with Crippen molar-refractivity contribution in [1.29, 1.82) is 0 Å². The molecule has 0 bridgehead atoms. The minimum atomic E-state index is -0.808. The number of phenols is 1. The van der Waals surface area contributed by atoms with E-state index in [1.54, 1.807) is 32.1 Å². The molecule has 1 aromatic heterocycles. The molecule has 0 amide bonds.